The number of halogens is 2. The Hall–Kier alpha value is -2.44. The monoisotopic (exact) mass is 351 g/mol. The Bertz CT molecular complexity index is 740. The van der Waals surface area contributed by atoms with E-state index in [9.17, 15) is 13.6 Å². The smallest absolute Gasteiger partial charge is 0.282 e. The molecule has 1 amide bonds. The fourth-order valence-corrected chi connectivity index (χ4v) is 2.54. The molecule has 1 aromatic carbocycles. The molecule has 1 heterocycles. The Labute approximate surface area is 146 Å². The lowest BCUT2D eigenvalue weighted by Crippen LogP contribution is -2.16. The second-order valence-electron chi connectivity index (χ2n) is 5.84. The minimum absolute atomic E-state index is 0.0911. The Kier molecular flexibility index (Phi) is 6.12. The third-order valence-corrected chi connectivity index (χ3v) is 4.05. The number of anilines is 1. The highest BCUT2D eigenvalue weighted by atomic mass is 19.3. The zero-order valence-corrected chi connectivity index (χ0v) is 14.8. The van der Waals surface area contributed by atoms with Gasteiger partial charge in [-0.3, -0.25) is 9.48 Å². The lowest BCUT2D eigenvalue weighted by molar-refractivity contribution is 0.101. The number of rotatable bonds is 7. The van der Waals surface area contributed by atoms with Crippen molar-refractivity contribution in [3.63, 3.8) is 0 Å². The summed E-state index contributed by atoms with van der Waals surface area (Å²) in [5, 5.41) is 6.33. The van der Waals surface area contributed by atoms with Crippen LogP contribution in [0.1, 0.15) is 54.7 Å². The fourth-order valence-electron chi connectivity index (χ4n) is 2.54. The minimum Gasteiger partial charge on any atom is -0.490 e. The maximum atomic E-state index is 13.0. The molecule has 25 heavy (non-hydrogen) atoms. The van der Waals surface area contributed by atoms with Crippen LogP contribution >= 0.6 is 0 Å². The molecule has 7 heteroatoms. The van der Waals surface area contributed by atoms with E-state index in [1.54, 1.807) is 12.1 Å². The van der Waals surface area contributed by atoms with E-state index in [0.29, 0.717) is 11.4 Å². The Balaban J connectivity index is 2.24. The second-order valence-corrected chi connectivity index (χ2v) is 5.84. The highest BCUT2D eigenvalue weighted by molar-refractivity contribution is 6.05. The summed E-state index contributed by atoms with van der Waals surface area (Å²) in [7, 11) is 1.50. The topological polar surface area (TPSA) is 56.1 Å². The van der Waals surface area contributed by atoms with Gasteiger partial charge in [-0.15, -0.1) is 0 Å². The molecule has 2 rings (SSSR count). The van der Waals surface area contributed by atoms with Gasteiger partial charge in [0, 0.05) is 24.5 Å². The normalized spacial score (nSPS) is 11.2. The predicted octanol–water partition coefficient (Wildman–Crippen LogP) is 4.49. The summed E-state index contributed by atoms with van der Waals surface area (Å²) in [4.78, 5) is 12.4. The van der Waals surface area contributed by atoms with Crippen molar-refractivity contribution in [2.24, 2.45) is 7.05 Å². The SMILES string of the molecule is CCC(CC)Oc1cccc(NC(=O)c2cn(C)nc2C(F)F)c1C. The zero-order chi connectivity index (χ0) is 18.6. The van der Waals surface area contributed by atoms with Crippen LogP contribution < -0.4 is 10.1 Å². The molecule has 0 aliphatic heterocycles. The first-order valence-corrected chi connectivity index (χ1v) is 8.26. The fraction of sp³-hybridized carbons (Fsp3) is 0.444. The first kappa shape index (κ1) is 18.9. The van der Waals surface area contributed by atoms with Crippen molar-refractivity contribution in [1.29, 1.82) is 0 Å². The molecule has 5 nitrogen and oxygen atoms in total. The van der Waals surface area contributed by atoms with Crippen LogP contribution in [0, 0.1) is 6.92 Å². The number of hydrogen-bond donors (Lipinski definition) is 1. The van der Waals surface area contributed by atoms with E-state index in [0.717, 1.165) is 18.4 Å². The summed E-state index contributed by atoms with van der Waals surface area (Å²) in [6.07, 6.45) is 0.317. The third-order valence-electron chi connectivity index (χ3n) is 4.05. The summed E-state index contributed by atoms with van der Waals surface area (Å²) in [6, 6.07) is 5.31. The van der Waals surface area contributed by atoms with Gasteiger partial charge >= 0.3 is 0 Å². The van der Waals surface area contributed by atoms with Crippen LogP contribution in [0.25, 0.3) is 0 Å². The Morgan fingerprint density at radius 2 is 2.00 bits per heavy atom. The average Bonchev–Trinajstić information content (AvgIpc) is 2.98. The van der Waals surface area contributed by atoms with Gasteiger partial charge < -0.3 is 10.1 Å². The van der Waals surface area contributed by atoms with Crippen LogP contribution in [-0.4, -0.2) is 21.8 Å². The molecular weight excluding hydrogens is 328 g/mol. The molecule has 0 fully saturated rings. The number of carbonyl (C=O) groups excluding carboxylic acids is 1. The summed E-state index contributed by atoms with van der Waals surface area (Å²) in [6.45, 7) is 5.91. The second kappa shape index (κ2) is 8.09. The largest absolute Gasteiger partial charge is 0.490 e. The first-order chi connectivity index (χ1) is 11.9. The lowest BCUT2D eigenvalue weighted by Gasteiger charge is -2.19. The van der Waals surface area contributed by atoms with Gasteiger partial charge in [0.2, 0.25) is 0 Å². The molecule has 0 aliphatic rings. The quantitative estimate of drug-likeness (QED) is 0.800. The van der Waals surface area contributed by atoms with Crippen LogP contribution in [0.5, 0.6) is 5.75 Å². The average molecular weight is 351 g/mol. The molecule has 0 aliphatic carbocycles. The van der Waals surface area contributed by atoms with Crippen molar-refractivity contribution in [3.05, 3.63) is 41.2 Å². The van der Waals surface area contributed by atoms with Crippen molar-refractivity contribution in [2.45, 2.75) is 46.1 Å². The number of benzene rings is 1. The summed E-state index contributed by atoms with van der Waals surface area (Å²) in [5.74, 6) is 0.0537. The zero-order valence-electron chi connectivity index (χ0n) is 14.8. The van der Waals surface area contributed by atoms with Gasteiger partial charge in [0.15, 0.2) is 0 Å². The molecule has 0 bridgehead atoms. The number of ether oxygens (including phenoxy) is 1. The Morgan fingerprint density at radius 1 is 1.32 bits per heavy atom. The van der Waals surface area contributed by atoms with Crippen molar-refractivity contribution in [3.8, 4) is 5.75 Å². The van der Waals surface area contributed by atoms with E-state index >= 15 is 0 Å². The molecule has 1 aromatic heterocycles. The molecule has 1 N–H and O–H groups in total. The summed E-state index contributed by atoms with van der Waals surface area (Å²) in [5.41, 5.74) is 0.619. The van der Waals surface area contributed by atoms with Crippen LogP contribution in [0.4, 0.5) is 14.5 Å². The van der Waals surface area contributed by atoms with Crippen molar-refractivity contribution in [1.82, 2.24) is 9.78 Å². The number of hydrogen-bond acceptors (Lipinski definition) is 3. The van der Waals surface area contributed by atoms with E-state index in [1.165, 1.54) is 17.9 Å². The number of carbonyl (C=O) groups is 1. The van der Waals surface area contributed by atoms with E-state index in [1.807, 2.05) is 26.8 Å². The van der Waals surface area contributed by atoms with E-state index in [2.05, 4.69) is 10.4 Å². The highest BCUT2D eigenvalue weighted by Gasteiger charge is 2.23. The van der Waals surface area contributed by atoms with Gasteiger partial charge in [0.1, 0.15) is 11.4 Å². The van der Waals surface area contributed by atoms with Crippen LogP contribution in [0.3, 0.4) is 0 Å². The number of aryl methyl sites for hydroxylation is 1. The number of nitrogens with zero attached hydrogens (tertiary/aromatic N) is 2. The predicted molar refractivity (Wildman–Crippen MR) is 92.3 cm³/mol. The number of alkyl halides is 2. The standard InChI is InChI=1S/C18H23F2N3O2/c1-5-12(6-2)25-15-9-7-8-14(11(15)3)21-18(24)13-10-23(4)22-16(13)17(19)20/h7-10,12,17H,5-6H2,1-4H3,(H,21,24). The van der Waals surface area contributed by atoms with Gasteiger partial charge in [-0.1, -0.05) is 19.9 Å². The minimum atomic E-state index is -2.81. The molecule has 136 valence electrons. The molecule has 0 radical (unpaired) electrons. The van der Waals surface area contributed by atoms with Gasteiger partial charge in [0.25, 0.3) is 12.3 Å². The van der Waals surface area contributed by atoms with Crippen molar-refractivity contribution < 1.29 is 18.3 Å². The van der Waals surface area contributed by atoms with E-state index in [4.69, 9.17) is 4.74 Å². The van der Waals surface area contributed by atoms with Crippen LogP contribution in [0.2, 0.25) is 0 Å². The van der Waals surface area contributed by atoms with Gasteiger partial charge in [-0.25, -0.2) is 8.78 Å². The third kappa shape index (κ3) is 4.35. The van der Waals surface area contributed by atoms with Gasteiger partial charge in [-0.05, 0) is 31.9 Å². The maximum absolute atomic E-state index is 13.0. The van der Waals surface area contributed by atoms with Crippen molar-refractivity contribution >= 4 is 11.6 Å². The number of nitrogens with one attached hydrogen (secondary N) is 1. The highest BCUT2D eigenvalue weighted by Crippen LogP contribution is 2.28. The number of amides is 1. The van der Waals surface area contributed by atoms with Gasteiger partial charge in [-0.2, -0.15) is 5.10 Å². The molecule has 2 aromatic rings. The van der Waals surface area contributed by atoms with Crippen molar-refractivity contribution in [2.75, 3.05) is 5.32 Å². The molecule has 0 saturated carbocycles. The maximum Gasteiger partial charge on any atom is 0.282 e. The first-order valence-electron chi connectivity index (χ1n) is 8.26. The van der Waals surface area contributed by atoms with Crippen LogP contribution in [-0.2, 0) is 7.05 Å². The molecule has 0 atom stereocenters. The summed E-state index contributed by atoms with van der Waals surface area (Å²) < 4.78 is 33.2. The number of aromatic nitrogens is 2. The molecule has 0 saturated heterocycles. The van der Waals surface area contributed by atoms with Gasteiger partial charge in [0.05, 0.1) is 11.7 Å². The van der Waals surface area contributed by atoms with Crippen LogP contribution in [0.15, 0.2) is 24.4 Å². The molecular formula is C18H23F2N3O2. The van der Waals surface area contributed by atoms with E-state index in [-0.39, 0.29) is 11.7 Å². The molecule has 0 unspecified atom stereocenters. The summed E-state index contributed by atoms with van der Waals surface area (Å²) >= 11 is 0. The lowest BCUT2D eigenvalue weighted by atomic mass is 10.1. The van der Waals surface area contributed by atoms with E-state index < -0.39 is 18.0 Å². The Morgan fingerprint density at radius 3 is 2.60 bits per heavy atom. The molecule has 0 spiro atoms.